The van der Waals surface area contributed by atoms with Crippen LogP contribution in [-0.4, -0.2) is 16.7 Å². The molecule has 0 amide bonds. The first-order valence-electron chi connectivity index (χ1n) is 7.68. The normalized spacial score (nSPS) is 41.7. The van der Waals surface area contributed by atoms with Crippen LogP contribution in [0, 0.1) is 30.1 Å². The minimum atomic E-state index is 0.280. The highest BCUT2D eigenvalue weighted by atomic mass is 16.4. The summed E-state index contributed by atoms with van der Waals surface area (Å²) in [6.07, 6.45) is 8.38. The van der Waals surface area contributed by atoms with Gasteiger partial charge in [-0.2, -0.15) is 0 Å². The van der Waals surface area contributed by atoms with E-state index in [1.165, 1.54) is 38.5 Å². The van der Waals surface area contributed by atoms with E-state index in [0.29, 0.717) is 17.9 Å². The molecule has 4 heteroatoms. The average Bonchev–Trinajstić information content (AvgIpc) is 2.74. The fourth-order valence-electron chi connectivity index (χ4n) is 5.67. The van der Waals surface area contributed by atoms with E-state index < -0.39 is 0 Å². The van der Waals surface area contributed by atoms with Crippen LogP contribution in [0.5, 0.6) is 0 Å². The van der Waals surface area contributed by atoms with Gasteiger partial charge in [0.05, 0.1) is 5.92 Å². The van der Waals surface area contributed by atoms with E-state index in [1.54, 1.807) is 0 Å². The molecule has 1 unspecified atom stereocenters. The third kappa shape index (κ3) is 1.76. The number of hydrogen-bond donors (Lipinski definition) is 1. The molecule has 4 aliphatic carbocycles. The Morgan fingerprint density at radius 2 is 1.74 bits per heavy atom. The summed E-state index contributed by atoms with van der Waals surface area (Å²) in [4.78, 5) is 0. The molecular formula is C15H23N3O. The molecule has 4 aliphatic rings. The molecule has 0 saturated heterocycles. The van der Waals surface area contributed by atoms with Crippen molar-refractivity contribution in [1.29, 1.82) is 0 Å². The first-order valence-corrected chi connectivity index (χ1v) is 7.68. The van der Waals surface area contributed by atoms with Crippen LogP contribution < -0.4 is 5.73 Å². The topological polar surface area (TPSA) is 64.9 Å². The first-order chi connectivity index (χ1) is 9.18. The van der Waals surface area contributed by atoms with Crippen LogP contribution in [0.3, 0.4) is 0 Å². The van der Waals surface area contributed by atoms with Gasteiger partial charge in [0, 0.05) is 13.5 Å². The molecule has 1 aromatic rings. The average molecular weight is 261 g/mol. The predicted molar refractivity (Wildman–Crippen MR) is 71.4 cm³/mol. The molecule has 4 saturated carbocycles. The Hall–Kier alpha value is -0.900. The van der Waals surface area contributed by atoms with Crippen molar-refractivity contribution in [3.05, 3.63) is 11.8 Å². The van der Waals surface area contributed by atoms with Gasteiger partial charge in [0.25, 0.3) is 0 Å². The predicted octanol–water partition coefficient (Wildman–Crippen LogP) is 2.64. The maximum absolute atomic E-state index is 6.11. The Labute approximate surface area is 114 Å². The van der Waals surface area contributed by atoms with Crippen LogP contribution in [0.4, 0.5) is 0 Å². The molecule has 0 radical (unpaired) electrons. The monoisotopic (exact) mass is 261 g/mol. The molecular weight excluding hydrogens is 238 g/mol. The van der Waals surface area contributed by atoms with Gasteiger partial charge < -0.3 is 10.2 Å². The fourth-order valence-corrected chi connectivity index (χ4v) is 5.67. The largest absolute Gasteiger partial charge is 0.425 e. The molecule has 1 heterocycles. The molecule has 4 fully saturated rings. The van der Waals surface area contributed by atoms with Crippen LogP contribution in [0.1, 0.15) is 56.2 Å². The summed E-state index contributed by atoms with van der Waals surface area (Å²) < 4.78 is 5.72. The molecule has 1 aromatic heterocycles. The van der Waals surface area contributed by atoms with Crippen LogP contribution in [-0.2, 0) is 0 Å². The Morgan fingerprint density at radius 3 is 2.16 bits per heavy atom. The maximum Gasteiger partial charge on any atom is 0.221 e. The van der Waals surface area contributed by atoms with Gasteiger partial charge in [-0.15, -0.1) is 10.2 Å². The molecule has 0 spiro atoms. The highest BCUT2D eigenvalue weighted by molar-refractivity contribution is 5.11. The van der Waals surface area contributed by atoms with Gasteiger partial charge in [-0.1, -0.05) is 0 Å². The van der Waals surface area contributed by atoms with Crippen LogP contribution in [0.15, 0.2) is 4.42 Å². The SMILES string of the molecule is Cc1nnc(C(CN)C23CC4CC(CC(C4)C2)C3)o1. The van der Waals surface area contributed by atoms with Crippen molar-refractivity contribution in [3.63, 3.8) is 0 Å². The van der Waals surface area contributed by atoms with Crippen LogP contribution >= 0.6 is 0 Å². The summed E-state index contributed by atoms with van der Waals surface area (Å²) in [6.45, 7) is 2.51. The van der Waals surface area contributed by atoms with Crippen molar-refractivity contribution in [3.8, 4) is 0 Å². The van der Waals surface area contributed by atoms with Crippen molar-refractivity contribution >= 4 is 0 Å². The van der Waals surface area contributed by atoms with Crippen LogP contribution in [0.2, 0.25) is 0 Å². The number of aryl methyl sites for hydroxylation is 1. The zero-order chi connectivity index (χ0) is 13.0. The van der Waals surface area contributed by atoms with Crippen molar-refractivity contribution in [2.75, 3.05) is 6.54 Å². The summed E-state index contributed by atoms with van der Waals surface area (Å²) in [7, 11) is 0. The Morgan fingerprint density at radius 1 is 1.16 bits per heavy atom. The molecule has 0 aromatic carbocycles. The lowest BCUT2D eigenvalue weighted by atomic mass is 9.46. The summed E-state index contributed by atoms with van der Waals surface area (Å²) in [5.74, 6) is 4.54. The minimum Gasteiger partial charge on any atom is -0.425 e. The van der Waals surface area contributed by atoms with Crippen molar-refractivity contribution in [2.45, 2.75) is 51.4 Å². The van der Waals surface area contributed by atoms with E-state index in [2.05, 4.69) is 10.2 Å². The van der Waals surface area contributed by atoms with E-state index >= 15 is 0 Å². The van der Waals surface area contributed by atoms with Gasteiger partial charge in [0.15, 0.2) is 0 Å². The van der Waals surface area contributed by atoms with Crippen molar-refractivity contribution < 1.29 is 4.42 Å². The molecule has 1 atom stereocenters. The van der Waals surface area contributed by atoms with Gasteiger partial charge in [-0.05, 0) is 61.7 Å². The summed E-state index contributed by atoms with van der Waals surface area (Å²) in [6, 6.07) is 0. The van der Waals surface area contributed by atoms with E-state index in [9.17, 15) is 0 Å². The smallest absolute Gasteiger partial charge is 0.221 e. The molecule has 0 aliphatic heterocycles. The second-order valence-corrected chi connectivity index (χ2v) is 7.23. The van der Waals surface area contributed by atoms with Crippen LogP contribution in [0.25, 0.3) is 0 Å². The summed E-state index contributed by atoms with van der Waals surface area (Å²) >= 11 is 0. The Bertz CT molecular complexity index is 446. The van der Waals surface area contributed by atoms with E-state index in [0.717, 1.165) is 23.6 Å². The lowest BCUT2D eigenvalue weighted by Gasteiger charge is -2.58. The number of hydrogen-bond acceptors (Lipinski definition) is 4. The van der Waals surface area contributed by atoms with Gasteiger partial charge in [-0.25, -0.2) is 0 Å². The highest BCUT2D eigenvalue weighted by Gasteiger charge is 2.55. The molecule has 4 bridgehead atoms. The molecule has 19 heavy (non-hydrogen) atoms. The molecule has 5 rings (SSSR count). The molecule has 104 valence electrons. The Balaban J connectivity index is 1.69. The van der Waals surface area contributed by atoms with Gasteiger partial charge >= 0.3 is 0 Å². The van der Waals surface area contributed by atoms with Gasteiger partial charge in [0.2, 0.25) is 11.8 Å². The highest BCUT2D eigenvalue weighted by Crippen LogP contribution is 2.64. The molecule has 2 N–H and O–H groups in total. The quantitative estimate of drug-likeness (QED) is 0.908. The van der Waals surface area contributed by atoms with E-state index in [-0.39, 0.29) is 5.92 Å². The second-order valence-electron chi connectivity index (χ2n) is 7.23. The lowest BCUT2D eigenvalue weighted by molar-refractivity contribution is -0.0712. The number of aromatic nitrogens is 2. The zero-order valence-electron chi connectivity index (χ0n) is 11.6. The summed E-state index contributed by atoms with van der Waals surface area (Å²) in [5.41, 5.74) is 6.47. The molecule has 4 nitrogen and oxygen atoms in total. The second kappa shape index (κ2) is 4.05. The minimum absolute atomic E-state index is 0.280. The number of rotatable bonds is 3. The first kappa shape index (κ1) is 11.9. The fraction of sp³-hybridized carbons (Fsp3) is 0.867. The number of nitrogens with zero attached hydrogens (tertiary/aromatic N) is 2. The lowest BCUT2D eigenvalue weighted by Crippen LogP contribution is -2.50. The van der Waals surface area contributed by atoms with E-state index in [1.807, 2.05) is 6.92 Å². The zero-order valence-corrected chi connectivity index (χ0v) is 11.6. The van der Waals surface area contributed by atoms with Gasteiger partial charge in [0.1, 0.15) is 0 Å². The van der Waals surface area contributed by atoms with E-state index in [4.69, 9.17) is 10.2 Å². The third-order valence-electron chi connectivity index (χ3n) is 5.90. The maximum atomic E-state index is 6.11. The number of nitrogens with two attached hydrogens (primary N) is 1. The third-order valence-corrected chi connectivity index (χ3v) is 5.90. The Kier molecular flexibility index (Phi) is 2.53. The van der Waals surface area contributed by atoms with Crippen molar-refractivity contribution in [1.82, 2.24) is 10.2 Å². The van der Waals surface area contributed by atoms with Gasteiger partial charge in [-0.3, -0.25) is 0 Å². The van der Waals surface area contributed by atoms with Crippen molar-refractivity contribution in [2.24, 2.45) is 28.9 Å². The summed E-state index contributed by atoms with van der Waals surface area (Å²) in [5, 5.41) is 8.29. The standard InChI is InChI=1S/C15H23N3O/c1-9-17-18-14(19-9)13(8-16)15-5-10-2-11(6-15)4-12(3-10)7-15/h10-13H,2-8,16H2,1H3.